The molecule has 0 radical (unpaired) electrons. The predicted molar refractivity (Wildman–Crippen MR) is 96.2 cm³/mol. The monoisotopic (exact) mass is 445 g/mol. The Hall–Kier alpha value is -1.03. The molecule has 0 bridgehead atoms. The van der Waals surface area contributed by atoms with Gasteiger partial charge in [-0.3, -0.25) is 4.99 Å². The van der Waals surface area contributed by atoms with E-state index in [-0.39, 0.29) is 30.6 Å². The third-order valence-electron chi connectivity index (χ3n) is 2.85. The number of rotatable bonds is 7. The van der Waals surface area contributed by atoms with E-state index in [0.29, 0.717) is 25.5 Å². The lowest BCUT2D eigenvalue weighted by Gasteiger charge is -2.22. The van der Waals surface area contributed by atoms with Gasteiger partial charge < -0.3 is 15.0 Å². The van der Waals surface area contributed by atoms with Crippen LogP contribution in [0.1, 0.15) is 12.0 Å². The standard InChI is InChI=1S/C15H22F3N3O.HI/c1-19-14(20-9-6-10-22-12-15(16,17)18)21(2)11-13-7-4-3-5-8-13;/h3-5,7-8H,6,9-12H2,1-2H3,(H,19,20);1H. The second-order valence-electron chi connectivity index (χ2n) is 4.84. The normalized spacial score (nSPS) is 11.8. The van der Waals surface area contributed by atoms with Crippen molar-refractivity contribution in [2.24, 2.45) is 4.99 Å². The summed E-state index contributed by atoms with van der Waals surface area (Å²) < 4.78 is 40.2. The summed E-state index contributed by atoms with van der Waals surface area (Å²) in [6.45, 7) is 0.0658. The minimum absolute atomic E-state index is 0. The van der Waals surface area contributed by atoms with Gasteiger partial charge in [-0.2, -0.15) is 13.2 Å². The van der Waals surface area contributed by atoms with Gasteiger partial charge in [-0.05, 0) is 12.0 Å². The van der Waals surface area contributed by atoms with Crippen LogP contribution in [-0.4, -0.2) is 50.9 Å². The lowest BCUT2D eigenvalue weighted by molar-refractivity contribution is -0.173. The highest BCUT2D eigenvalue weighted by Crippen LogP contribution is 2.14. The topological polar surface area (TPSA) is 36.9 Å². The van der Waals surface area contributed by atoms with Crippen LogP contribution < -0.4 is 5.32 Å². The van der Waals surface area contributed by atoms with E-state index in [1.807, 2.05) is 42.3 Å². The Morgan fingerprint density at radius 3 is 2.48 bits per heavy atom. The predicted octanol–water partition coefficient (Wildman–Crippen LogP) is 3.28. The van der Waals surface area contributed by atoms with E-state index in [1.54, 1.807) is 7.05 Å². The van der Waals surface area contributed by atoms with Crippen molar-refractivity contribution in [3.05, 3.63) is 35.9 Å². The zero-order chi connectivity index (χ0) is 16.4. The van der Waals surface area contributed by atoms with Gasteiger partial charge in [-0.25, -0.2) is 0 Å². The Bertz CT molecular complexity index is 455. The van der Waals surface area contributed by atoms with Crippen molar-refractivity contribution < 1.29 is 17.9 Å². The van der Waals surface area contributed by atoms with Gasteiger partial charge in [0.25, 0.3) is 0 Å². The highest BCUT2D eigenvalue weighted by molar-refractivity contribution is 14.0. The van der Waals surface area contributed by atoms with Gasteiger partial charge in [0.05, 0.1) is 0 Å². The van der Waals surface area contributed by atoms with Gasteiger partial charge in [0.2, 0.25) is 0 Å². The van der Waals surface area contributed by atoms with Crippen LogP contribution >= 0.6 is 24.0 Å². The maximum absolute atomic E-state index is 11.9. The fraction of sp³-hybridized carbons (Fsp3) is 0.533. The molecule has 23 heavy (non-hydrogen) atoms. The molecule has 1 rings (SSSR count). The number of aliphatic imine (C=N–C) groups is 1. The first-order valence-corrected chi connectivity index (χ1v) is 7.02. The molecule has 132 valence electrons. The summed E-state index contributed by atoms with van der Waals surface area (Å²) in [4.78, 5) is 6.10. The molecule has 0 heterocycles. The van der Waals surface area contributed by atoms with E-state index in [9.17, 15) is 13.2 Å². The largest absolute Gasteiger partial charge is 0.411 e. The summed E-state index contributed by atoms with van der Waals surface area (Å²) in [5.41, 5.74) is 1.15. The molecular formula is C15H23F3IN3O. The Kier molecular flexibility index (Phi) is 11.0. The van der Waals surface area contributed by atoms with Crippen LogP contribution in [0.15, 0.2) is 35.3 Å². The van der Waals surface area contributed by atoms with E-state index in [1.165, 1.54) is 0 Å². The zero-order valence-corrected chi connectivity index (χ0v) is 15.6. The van der Waals surface area contributed by atoms with E-state index in [2.05, 4.69) is 15.0 Å². The van der Waals surface area contributed by atoms with Gasteiger partial charge in [0, 0.05) is 33.8 Å². The van der Waals surface area contributed by atoms with Crippen LogP contribution in [0.5, 0.6) is 0 Å². The molecule has 1 aromatic rings. The van der Waals surface area contributed by atoms with E-state index >= 15 is 0 Å². The second-order valence-corrected chi connectivity index (χ2v) is 4.84. The minimum Gasteiger partial charge on any atom is -0.372 e. The second kappa shape index (κ2) is 11.5. The van der Waals surface area contributed by atoms with Gasteiger partial charge in [0.15, 0.2) is 5.96 Å². The molecular weight excluding hydrogens is 422 g/mol. The van der Waals surface area contributed by atoms with Crippen LogP contribution in [0.25, 0.3) is 0 Å². The first kappa shape index (κ1) is 22.0. The van der Waals surface area contributed by atoms with E-state index in [0.717, 1.165) is 5.56 Å². The van der Waals surface area contributed by atoms with E-state index < -0.39 is 12.8 Å². The van der Waals surface area contributed by atoms with Crippen LogP contribution in [0.4, 0.5) is 13.2 Å². The number of alkyl halides is 3. The van der Waals surface area contributed by atoms with Crippen molar-refractivity contribution in [3.8, 4) is 0 Å². The van der Waals surface area contributed by atoms with Crippen LogP contribution in [0, 0.1) is 0 Å². The maximum atomic E-state index is 11.9. The molecule has 1 aromatic carbocycles. The van der Waals surface area contributed by atoms with Crippen molar-refractivity contribution in [1.29, 1.82) is 0 Å². The molecule has 0 aromatic heterocycles. The van der Waals surface area contributed by atoms with Crippen LogP contribution in [0.3, 0.4) is 0 Å². The number of hydrogen-bond acceptors (Lipinski definition) is 2. The van der Waals surface area contributed by atoms with Crippen molar-refractivity contribution in [2.45, 2.75) is 19.1 Å². The molecule has 4 nitrogen and oxygen atoms in total. The smallest absolute Gasteiger partial charge is 0.372 e. The Labute approximate surface area is 152 Å². The first-order chi connectivity index (χ1) is 10.4. The third kappa shape index (κ3) is 10.4. The molecule has 0 atom stereocenters. The number of nitrogens with one attached hydrogen (secondary N) is 1. The van der Waals surface area contributed by atoms with Crippen molar-refractivity contribution >= 4 is 29.9 Å². The Morgan fingerprint density at radius 1 is 1.26 bits per heavy atom. The van der Waals surface area contributed by atoms with Gasteiger partial charge >= 0.3 is 6.18 Å². The molecule has 0 saturated heterocycles. The fourth-order valence-corrected chi connectivity index (χ4v) is 1.88. The number of ether oxygens (including phenoxy) is 1. The first-order valence-electron chi connectivity index (χ1n) is 7.02. The van der Waals surface area contributed by atoms with Crippen molar-refractivity contribution in [3.63, 3.8) is 0 Å². The van der Waals surface area contributed by atoms with E-state index in [4.69, 9.17) is 0 Å². The summed E-state index contributed by atoms with van der Waals surface area (Å²) in [5.74, 6) is 0.694. The Balaban J connectivity index is 0.00000484. The molecule has 1 N–H and O–H groups in total. The van der Waals surface area contributed by atoms with Crippen LogP contribution in [-0.2, 0) is 11.3 Å². The number of hydrogen-bond donors (Lipinski definition) is 1. The highest BCUT2D eigenvalue weighted by atomic mass is 127. The number of halogens is 4. The zero-order valence-electron chi connectivity index (χ0n) is 13.3. The molecule has 0 aliphatic heterocycles. The molecule has 0 spiro atoms. The fourth-order valence-electron chi connectivity index (χ4n) is 1.88. The van der Waals surface area contributed by atoms with Gasteiger partial charge in [-0.1, -0.05) is 30.3 Å². The average Bonchev–Trinajstić information content (AvgIpc) is 2.46. The summed E-state index contributed by atoms with van der Waals surface area (Å²) >= 11 is 0. The number of benzene rings is 1. The van der Waals surface area contributed by atoms with Crippen LogP contribution in [0.2, 0.25) is 0 Å². The molecule has 0 aliphatic carbocycles. The molecule has 0 unspecified atom stereocenters. The summed E-state index contributed by atoms with van der Waals surface area (Å²) in [7, 11) is 3.58. The number of guanidine groups is 1. The van der Waals surface area contributed by atoms with Gasteiger partial charge in [-0.15, -0.1) is 24.0 Å². The lowest BCUT2D eigenvalue weighted by atomic mass is 10.2. The summed E-state index contributed by atoms with van der Waals surface area (Å²) in [5, 5.41) is 3.10. The molecule has 0 amide bonds. The molecule has 0 aliphatic rings. The van der Waals surface area contributed by atoms with Gasteiger partial charge in [0.1, 0.15) is 6.61 Å². The molecule has 0 fully saturated rings. The number of nitrogens with zero attached hydrogens (tertiary/aromatic N) is 2. The quantitative estimate of drug-likeness (QED) is 0.303. The summed E-state index contributed by atoms with van der Waals surface area (Å²) in [6.07, 6.45) is -3.78. The minimum atomic E-state index is -4.26. The van der Waals surface area contributed by atoms with Crippen molar-refractivity contribution in [1.82, 2.24) is 10.2 Å². The lowest BCUT2D eigenvalue weighted by Crippen LogP contribution is -2.39. The third-order valence-corrected chi connectivity index (χ3v) is 2.85. The maximum Gasteiger partial charge on any atom is 0.411 e. The highest BCUT2D eigenvalue weighted by Gasteiger charge is 2.27. The average molecular weight is 445 g/mol. The SMILES string of the molecule is CN=C(NCCCOCC(F)(F)F)N(C)Cc1ccccc1.I. The molecule has 0 saturated carbocycles. The Morgan fingerprint density at radius 2 is 1.91 bits per heavy atom. The van der Waals surface area contributed by atoms with Crippen molar-refractivity contribution in [2.75, 3.05) is 33.9 Å². The molecule has 8 heteroatoms. The summed E-state index contributed by atoms with van der Waals surface area (Å²) in [6, 6.07) is 9.94.